The first-order valence-corrected chi connectivity index (χ1v) is 7.35. The van der Waals surface area contributed by atoms with Crippen LogP contribution in [0.25, 0.3) is 0 Å². The lowest BCUT2D eigenvalue weighted by Gasteiger charge is -2.27. The number of nitrogens with one attached hydrogen (secondary N) is 1. The number of benzene rings is 1. The summed E-state index contributed by atoms with van der Waals surface area (Å²) in [5.41, 5.74) is 0.872. The van der Waals surface area contributed by atoms with Gasteiger partial charge >= 0.3 is 0 Å². The average molecular weight is 277 g/mol. The molecular formula is C17H27NO2. The second-order valence-electron chi connectivity index (χ2n) is 5.76. The van der Waals surface area contributed by atoms with E-state index in [1.54, 1.807) is 7.11 Å². The fourth-order valence-electron chi connectivity index (χ4n) is 2.15. The molecule has 0 aromatic heterocycles. The zero-order chi connectivity index (χ0) is 15.2. The van der Waals surface area contributed by atoms with Crippen molar-refractivity contribution in [3.05, 3.63) is 29.8 Å². The monoisotopic (exact) mass is 277 g/mol. The van der Waals surface area contributed by atoms with Crippen LogP contribution in [0, 0.1) is 5.41 Å². The smallest absolute Gasteiger partial charge is 0.155 e. The van der Waals surface area contributed by atoms with Gasteiger partial charge in [0, 0.05) is 5.41 Å². The van der Waals surface area contributed by atoms with Crippen molar-refractivity contribution in [2.75, 3.05) is 13.7 Å². The number of rotatable bonds is 8. The Morgan fingerprint density at radius 2 is 1.85 bits per heavy atom. The minimum Gasteiger partial charge on any atom is -0.497 e. The minimum absolute atomic E-state index is 0.122. The summed E-state index contributed by atoms with van der Waals surface area (Å²) < 4.78 is 5.16. The first-order valence-electron chi connectivity index (χ1n) is 7.35. The highest BCUT2D eigenvalue weighted by atomic mass is 16.5. The number of likely N-dealkylation sites (N-methyl/N-ethyl adjacent to an activating group) is 1. The predicted octanol–water partition coefficient (Wildman–Crippen LogP) is 3.22. The quantitative estimate of drug-likeness (QED) is 0.793. The summed E-state index contributed by atoms with van der Waals surface area (Å²) in [7, 11) is 1.66. The number of Topliss-reactive ketones (excluding diaryl/α,β-unsaturated/α-hetero) is 1. The van der Waals surface area contributed by atoms with Crippen molar-refractivity contribution in [1.82, 2.24) is 5.32 Å². The number of hydrogen-bond donors (Lipinski definition) is 1. The molecule has 0 fully saturated rings. The summed E-state index contributed by atoms with van der Waals surface area (Å²) >= 11 is 0. The van der Waals surface area contributed by atoms with Crippen LogP contribution in [0.1, 0.15) is 39.7 Å². The summed E-state index contributed by atoms with van der Waals surface area (Å²) in [6, 6.07) is 7.80. The number of methoxy groups -OCH3 is 1. The van der Waals surface area contributed by atoms with E-state index < -0.39 is 0 Å². The largest absolute Gasteiger partial charge is 0.497 e. The molecule has 0 amide bonds. The van der Waals surface area contributed by atoms with Crippen LogP contribution in [0.3, 0.4) is 0 Å². The van der Waals surface area contributed by atoms with E-state index in [0.29, 0.717) is 0 Å². The second kappa shape index (κ2) is 7.44. The van der Waals surface area contributed by atoms with Gasteiger partial charge in [-0.05, 0) is 37.1 Å². The van der Waals surface area contributed by atoms with Gasteiger partial charge < -0.3 is 10.1 Å². The number of carbonyl (C=O) groups is 1. The highest BCUT2D eigenvalue weighted by Crippen LogP contribution is 2.24. The first-order chi connectivity index (χ1) is 9.44. The number of carbonyl (C=O) groups excluding carboxylic acids is 1. The molecule has 0 aliphatic heterocycles. The Bertz CT molecular complexity index is 423. The van der Waals surface area contributed by atoms with Crippen molar-refractivity contribution < 1.29 is 9.53 Å². The van der Waals surface area contributed by atoms with Crippen LogP contribution in [0.4, 0.5) is 0 Å². The van der Waals surface area contributed by atoms with Gasteiger partial charge in [-0.15, -0.1) is 0 Å². The van der Waals surface area contributed by atoms with Gasteiger partial charge in [-0.1, -0.05) is 39.8 Å². The first kappa shape index (κ1) is 16.7. The Balaban J connectivity index is 2.83. The fourth-order valence-corrected chi connectivity index (χ4v) is 2.15. The molecule has 3 nitrogen and oxygen atoms in total. The van der Waals surface area contributed by atoms with E-state index in [9.17, 15) is 4.79 Å². The minimum atomic E-state index is -0.278. The third-order valence-electron chi connectivity index (χ3n) is 3.92. The predicted molar refractivity (Wildman–Crippen MR) is 83.2 cm³/mol. The molecule has 1 aromatic rings. The topological polar surface area (TPSA) is 38.3 Å². The van der Waals surface area contributed by atoms with Crippen LogP contribution in [0.15, 0.2) is 24.3 Å². The summed E-state index contributed by atoms with van der Waals surface area (Å²) in [5, 5.41) is 3.32. The summed E-state index contributed by atoms with van der Waals surface area (Å²) in [6.45, 7) is 8.94. The van der Waals surface area contributed by atoms with Crippen LogP contribution in [-0.2, 0) is 11.2 Å². The van der Waals surface area contributed by atoms with Gasteiger partial charge in [0.2, 0.25) is 0 Å². The Hall–Kier alpha value is -1.35. The third-order valence-corrected chi connectivity index (χ3v) is 3.92. The molecule has 0 saturated carbocycles. The fraction of sp³-hybridized carbons (Fsp3) is 0.588. The van der Waals surface area contributed by atoms with Crippen LogP contribution in [0.5, 0.6) is 5.75 Å². The van der Waals surface area contributed by atoms with Gasteiger partial charge in [0.05, 0.1) is 13.2 Å². The molecule has 112 valence electrons. The molecule has 1 unspecified atom stereocenters. The van der Waals surface area contributed by atoms with Crippen LogP contribution >= 0.6 is 0 Å². The normalized spacial score (nSPS) is 13.1. The molecule has 0 bridgehead atoms. The van der Waals surface area contributed by atoms with Gasteiger partial charge in [-0.2, -0.15) is 0 Å². The van der Waals surface area contributed by atoms with Crippen LogP contribution in [-0.4, -0.2) is 25.5 Å². The molecule has 0 aliphatic rings. The molecule has 3 heteroatoms. The highest BCUT2D eigenvalue weighted by molar-refractivity contribution is 5.89. The molecule has 0 saturated heterocycles. The SMILES string of the molecule is CCNC(Cc1ccc(OC)cc1)C(=O)C(C)(C)CC. The van der Waals surface area contributed by atoms with Gasteiger partial charge in [0.15, 0.2) is 5.78 Å². The highest BCUT2D eigenvalue weighted by Gasteiger charge is 2.31. The standard InChI is InChI=1S/C17H27NO2/c1-6-17(3,4)16(19)15(18-7-2)12-13-8-10-14(20-5)11-9-13/h8-11,15,18H,6-7,12H2,1-5H3. The number of ketones is 1. The summed E-state index contributed by atoms with van der Waals surface area (Å²) in [5.74, 6) is 1.13. The number of hydrogen-bond acceptors (Lipinski definition) is 3. The lowest BCUT2D eigenvalue weighted by molar-refractivity contribution is -0.129. The zero-order valence-electron chi connectivity index (χ0n) is 13.3. The maximum absolute atomic E-state index is 12.6. The molecule has 1 N–H and O–H groups in total. The van der Waals surface area contributed by atoms with Crippen molar-refractivity contribution in [3.63, 3.8) is 0 Å². The second-order valence-corrected chi connectivity index (χ2v) is 5.76. The molecule has 0 radical (unpaired) electrons. The van der Waals surface area contributed by atoms with E-state index in [1.807, 2.05) is 45.0 Å². The molecule has 0 aliphatic carbocycles. The van der Waals surface area contributed by atoms with E-state index in [1.165, 1.54) is 0 Å². The van der Waals surface area contributed by atoms with Gasteiger partial charge in [0.25, 0.3) is 0 Å². The van der Waals surface area contributed by atoms with E-state index in [-0.39, 0.29) is 17.2 Å². The molecule has 0 heterocycles. The molecule has 0 spiro atoms. The van der Waals surface area contributed by atoms with Crippen molar-refractivity contribution in [2.24, 2.45) is 5.41 Å². The van der Waals surface area contributed by atoms with E-state index in [4.69, 9.17) is 4.74 Å². The molecule has 1 rings (SSSR count). The maximum atomic E-state index is 12.6. The third kappa shape index (κ3) is 4.34. The van der Waals surface area contributed by atoms with Crippen molar-refractivity contribution in [3.8, 4) is 5.75 Å². The maximum Gasteiger partial charge on any atom is 0.155 e. The average Bonchev–Trinajstić information content (AvgIpc) is 2.46. The van der Waals surface area contributed by atoms with Gasteiger partial charge in [-0.3, -0.25) is 4.79 Å². The molecule has 1 aromatic carbocycles. The van der Waals surface area contributed by atoms with E-state index in [0.717, 1.165) is 30.7 Å². The summed E-state index contributed by atoms with van der Waals surface area (Å²) in [4.78, 5) is 12.6. The van der Waals surface area contributed by atoms with Crippen molar-refractivity contribution in [1.29, 1.82) is 0 Å². The Morgan fingerprint density at radius 1 is 1.25 bits per heavy atom. The Morgan fingerprint density at radius 3 is 2.30 bits per heavy atom. The van der Waals surface area contributed by atoms with E-state index >= 15 is 0 Å². The lowest BCUT2D eigenvalue weighted by atomic mass is 9.80. The van der Waals surface area contributed by atoms with Crippen molar-refractivity contribution in [2.45, 2.75) is 46.6 Å². The molecule has 1 atom stereocenters. The van der Waals surface area contributed by atoms with Crippen LogP contribution in [0.2, 0.25) is 0 Å². The van der Waals surface area contributed by atoms with E-state index in [2.05, 4.69) is 12.2 Å². The zero-order valence-corrected chi connectivity index (χ0v) is 13.3. The summed E-state index contributed by atoms with van der Waals surface area (Å²) in [6.07, 6.45) is 1.58. The van der Waals surface area contributed by atoms with Gasteiger partial charge in [0.1, 0.15) is 5.75 Å². The lowest BCUT2D eigenvalue weighted by Crippen LogP contribution is -2.45. The molecular weight excluding hydrogens is 250 g/mol. The van der Waals surface area contributed by atoms with Crippen molar-refractivity contribution >= 4 is 5.78 Å². The Kier molecular flexibility index (Phi) is 6.21. The van der Waals surface area contributed by atoms with Gasteiger partial charge in [-0.25, -0.2) is 0 Å². The molecule has 20 heavy (non-hydrogen) atoms. The Labute approximate surface area is 122 Å². The van der Waals surface area contributed by atoms with Crippen LogP contribution < -0.4 is 10.1 Å². The number of ether oxygens (including phenoxy) is 1.